The number of hydrogen-bond acceptors (Lipinski definition) is 8. The summed E-state index contributed by atoms with van der Waals surface area (Å²) in [7, 11) is 1.51. The lowest BCUT2D eigenvalue weighted by Gasteiger charge is -2.24. The summed E-state index contributed by atoms with van der Waals surface area (Å²) in [5.74, 6) is 0.996. The van der Waals surface area contributed by atoms with Gasteiger partial charge in [-0.1, -0.05) is 47.7 Å². The summed E-state index contributed by atoms with van der Waals surface area (Å²) in [5.41, 5.74) is 1.89. The first kappa shape index (κ1) is 28.2. The highest BCUT2D eigenvalue weighted by atomic mass is 35.5. The molecule has 0 fully saturated rings. The second-order valence-electron chi connectivity index (χ2n) is 8.44. The average molecular weight is 569 g/mol. The van der Waals surface area contributed by atoms with Crippen molar-refractivity contribution in [2.24, 2.45) is 4.99 Å². The summed E-state index contributed by atoms with van der Waals surface area (Å²) < 4.78 is 24.0. The van der Waals surface area contributed by atoms with Crippen molar-refractivity contribution in [3.05, 3.63) is 96.2 Å². The molecule has 2 aromatic carbocycles. The van der Waals surface area contributed by atoms with Gasteiger partial charge in [0.1, 0.15) is 12.4 Å². The first-order valence-electron chi connectivity index (χ1n) is 12.4. The third-order valence-electron chi connectivity index (χ3n) is 5.92. The Hall–Kier alpha value is -3.82. The maximum absolute atomic E-state index is 13.8. The highest BCUT2D eigenvalue weighted by Gasteiger charge is 2.33. The van der Waals surface area contributed by atoms with Gasteiger partial charge in [-0.05, 0) is 62.2 Å². The van der Waals surface area contributed by atoms with Crippen LogP contribution in [0.3, 0.4) is 0 Å². The molecule has 2 heterocycles. The molecule has 1 aliphatic rings. The van der Waals surface area contributed by atoms with Crippen LogP contribution < -0.4 is 29.1 Å². The molecule has 0 unspecified atom stereocenters. The van der Waals surface area contributed by atoms with E-state index in [2.05, 4.69) is 11.6 Å². The van der Waals surface area contributed by atoms with Gasteiger partial charge in [-0.2, -0.15) is 0 Å². The molecule has 0 radical (unpaired) electrons. The Morgan fingerprint density at radius 3 is 2.56 bits per heavy atom. The first-order chi connectivity index (χ1) is 18.8. The predicted molar refractivity (Wildman–Crippen MR) is 152 cm³/mol. The van der Waals surface area contributed by atoms with Crippen LogP contribution in [-0.4, -0.2) is 37.5 Å². The molecule has 0 aliphatic carbocycles. The maximum atomic E-state index is 13.8. The second-order valence-corrected chi connectivity index (χ2v) is 9.85. The van der Waals surface area contributed by atoms with E-state index in [0.29, 0.717) is 55.0 Å². The van der Waals surface area contributed by atoms with Crippen LogP contribution in [-0.2, 0) is 9.53 Å². The Labute approximate surface area is 235 Å². The number of ether oxygens (including phenoxy) is 4. The van der Waals surface area contributed by atoms with E-state index >= 15 is 0 Å². The van der Waals surface area contributed by atoms with Crippen LogP contribution in [0.15, 0.2) is 70.1 Å². The van der Waals surface area contributed by atoms with E-state index in [-0.39, 0.29) is 18.8 Å². The van der Waals surface area contributed by atoms with Crippen LogP contribution in [0.25, 0.3) is 6.08 Å². The number of allylic oxidation sites excluding steroid dienone is 1. The van der Waals surface area contributed by atoms with Crippen molar-refractivity contribution in [1.82, 2.24) is 4.57 Å². The molecule has 10 heteroatoms. The van der Waals surface area contributed by atoms with Crippen LogP contribution in [0, 0.1) is 0 Å². The number of fused-ring (bicyclic) bond motifs is 1. The monoisotopic (exact) mass is 568 g/mol. The number of halogens is 1. The number of thiazole rings is 1. The fourth-order valence-corrected chi connectivity index (χ4v) is 5.60. The Balaban J connectivity index is 1.88. The number of hydrogen-bond donors (Lipinski definition) is 0. The van der Waals surface area contributed by atoms with Crippen molar-refractivity contribution in [2.45, 2.75) is 26.8 Å². The maximum Gasteiger partial charge on any atom is 0.338 e. The Bertz CT molecular complexity index is 1600. The van der Waals surface area contributed by atoms with Gasteiger partial charge in [0.05, 0.1) is 47.2 Å². The van der Waals surface area contributed by atoms with E-state index in [1.165, 1.54) is 23.0 Å². The van der Waals surface area contributed by atoms with E-state index in [0.717, 1.165) is 5.56 Å². The molecule has 1 aromatic heterocycles. The topological polar surface area (TPSA) is 88.4 Å². The third kappa shape index (κ3) is 5.79. The molecule has 8 nitrogen and oxygen atoms in total. The number of esters is 1. The average Bonchev–Trinajstić information content (AvgIpc) is 3.21. The van der Waals surface area contributed by atoms with Crippen LogP contribution in [0.5, 0.6) is 17.2 Å². The van der Waals surface area contributed by atoms with Crippen LogP contribution in [0.4, 0.5) is 0 Å². The summed E-state index contributed by atoms with van der Waals surface area (Å²) in [5, 5.41) is 0.336. The molecule has 0 amide bonds. The van der Waals surface area contributed by atoms with Gasteiger partial charge in [0, 0.05) is 0 Å². The van der Waals surface area contributed by atoms with Gasteiger partial charge in [-0.3, -0.25) is 9.36 Å². The van der Waals surface area contributed by atoms with E-state index in [4.69, 9.17) is 30.5 Å². The van der Waals surface area contributed by atoms with Gasteiger partial charge in [0.2, 0.25) is 0 Å². The lowest BCUT2D eigenvalue weighted by Crippen LogP contribution is -2.39. The number of aromatic nitrogens is 1. The van der Waals surface area contributed by atoms with Gasteiger partial charge in [0.15, 0.2) is 16.3 Å². The molecular formula is C29H29ClN2O6S. The first-order valence-corrected chi connectivity index (χ1v) is 13.6. The summed E-state index contributed by atoms with van der Waals surface area (Å²) in [4.78, 5) is 32.0. The van der Waals surface area contributed by atoms with Gasteiger partial charge >= 0.3 is 5.97 Å². The zero-order valence-corrected chi connectivity index (χ0v) is 23.7. The third-order valence-corrected chi connectivity index (χ3v) is 7.18. The van der Waals surface area contributed by atoms with Gasteiger partial charge in [-0.15, -0.1) is 0 Å². The fraction of sp³-hybridized carbons (Fsp3) is 0.276. The van der Waals surface area contributed by atoms with Crippen molar-refractivity contribution in [3.8, 4) is 17.2 Å². The summed E-state index contributed by atoms with van der Waals surface area (Å²) in [6.45, 7) is 10.0. The Morgan fingerprint density at radius 1 is 1.18 bits per heavy atom. The minimum atomic E-state index is -0.717. The van der Waals surface area contributed by atoms with Crippen molar-refractivity contribution >= 4 is 35.0 Å². The SMILES string of the molecule is C=CCOc1c(Cl)cc(C=c2sc3n(c2=O)[C@@H](c2ccc(OCC)cc2)C(C(=O)OCC)=C(C)N=3)cc1OC. The highest BCUT2D eigenvalue weighted by molar-refractivity contribution is 7.07. The van der Waals surface area contributed by atoms with E-state index in [1.807, 2.05) is 31.2 Å². The molecule has 3 aromatic rings. The molecule has 0 bridgehead atoms. The smallest absolute Gasteiger partial charge is 0.338 e. The molecule has 4 rings (SSSR count). The van der Waals surface area contributed by atoms with Crippen molar-refractivity contribution in [2.75, 3.05) is 26.9 Å². The van der Waals surface area contributed by atoms with Gasteiger partial charge in [-0.25, -0.2) is 9.79 Å². The minimum Gasteiger partial charge on any atom is -0.494 e. The number of carbonyl (C=O) groups is 1. The standard InChI is InChI=1S/C29H29ClN2O6S/c1-6-13-38-26-21(30)14-18(15-22(26)35-5)16-23-27(33)32-25(19-9-11-20(12-10-19)36-7-2)24(28(34)37-8-3)17(4)31-29(32)39-23/h6,9-12,14-16,25H,1,7-8,13H2,2-5H3/t25-/m0/s1. The summed E-state index contributed by atoms with van der Waals surface area (Å²) in [6.07, 6.45) is 3.33. The summed E-state index contributed by atoms with van der Waals surface area (Å²) >= 11 is 7.69. The van der Waals surface area contributed by atoms with Crippen LogP contribution >= 0.6 is 22.9 Å². The Morgan fingerprint density at radius 2 is 1.92 bits per heavy atom. The van der Waals surface area contributed by atoms with Gasteiger partial charge in [0.25, 0.3) is 5.56 Å². The van der Waals surface area contributed by atoms with Crippen LogP contribution in [0.2, 0.25) is 5.02 Å². The molecule has 0 N–H and O–H groups in total. The number of rotatable bonds is 10. The number of benzene rings is 2. The number of carbonyl (C=O) groups excluding carboxylic acids is 1. The lowest BCUT2D eigenvalue weighted by molar-refractivity contribution is -0.139. The molecule has 0 saturated heterocycles. The predicted octanol–water partition coefficient (Wildman–Crippen LogP) is 4.42. The van der Waals surface area contributed by atoms with Crippen LogP contribution in [0.1, 0.15) is 37.9 Å². The molecule has 0 saturated carbocycles. The van der Waals surface area contributed by atoms with Crippen molar-refractivity contribution in [1.29, 1.82) is 0 Å². The fourth-order valence-electron chi connectivity index (χ4n) is 4.28. The lowest BCUT2D eigenvalue weighted by atomic mass is 9.96. The molecule has 0 spiro atoms. The minimum absolute atomic E-state index is 0.200. The molecule has 39 heavy (non-hydrogen) atoms. The Kier molecular flexibility index (Phi) is 8.93. The quantitative estimate of drug-likeness (QED) is 0.266. The largest absolute Gasteiger partial charge is 0.494 e. The highest BCUT2D eigenvalue weighted by Crippen LogP contribution is 2.37. The van der Waals surface area contributed by atoms with E-state index in [9.17, 15) is 9.59 Å². The summed E-state index contributed by atoms with van der Waals surface area (Å²) in [6, 6.07) is 10.0. The molecule has 204 valence electrons. The van der Waals surface area contributed by atoms with E-state index in [1.54, 1.807) is 38.1 Å². The van der Waals surface area contributed by atoms with E-state index < -0.39 is 12.0 Å². The number of methoxy groups -OCH3 is 1. The van der Waals surface area contributed by atoms with Gasteiger partial charge < -0.3 is 18.9 Å². The van der Waals surface area contributed by atoms with Crippen molar-refractivity contribution in [3.63, 3.8) is 0 Å². The number of nitrogens with zero attached hydrogens (tertiary/aromatic N) is 2. The zero-order chi connectivity index (χ0) is 28.1. The molecular weight excluding hydrogens is 540 g/mol. The molecule has 1 aliphatic heterocycles. The molecule has 1 atom stereocenters. The normalized spacial score (nSPS) is 14.9. The van der Waals surface area contributed by atoms with Crippen molar-refractivity contribution < 1.29 is 23.7 Å². The second kappa shape index (κ2) is 12.4. The zero-order valence-electron chi connectivity index (χ0n) is 22.2.